The molecule has 0 bridgehead atoms. The van der Waals surface area contributed by atoms with Gasteiger partial charge < -0.3 is 15.3 Å². The molecular weight excluding hydrogens is 166 g/mol. The summed E-state index contributed by atoms with van der Waals surface area (Å²) in [7, 11) is 0. The summed E-state index contributed by atoms with van der Waals surface area (Å²) < 4.78 is 0. The van der Waals surface area contributed by atoms with Crippen molar-refractivity contribution in [3.8, 4) is 0 Å². The summed E-state index contributed by atoms with van der Waals surface area (Å²) in [4.78, 5) is 9.20. The van der Waals surface area contributed by atoms with Gasteiger partial charge in [-0.3, -0.25) is 10.1 Å². The molecule has 0 aliphatic rings. The lowest BCUT2D eigenvalue weighted by molar-refractivity contribution is -0.581. The molecule has 12 heavy (non-hydrogen) atoms. The van der Waals surface area contributed by atoms with E-state index in [0.717, 1.165) is 0 Å². The first-order valence-electron chi connectivity index (χ1n) is 3.66. The molecule has 0 aromatic carbocycles. The minimum absolute atomic E-state index is 0.0963. The van der Waals surface area contributed by atoms with E-state index in [4.69, 9.17) is 15.3 Å². The first-order chi connectivity index (χ1) is 5.63. The van der Waals surface area contributed by atoms with Gasteiger partial charge in [-0.1, -0.05) is 0 Å². The van der Waals surface area contributed by atoms with Crippen LogP contribution in [-0.4, -0.2) is 39.7 Å². The highest BCUT2D eigenvalue weighted by molar-refractivity contribution is 4.59. The highest BCUT2D eigenvalue weighted by atomic mass is 16.7. The van der Waals surface area contributed by atoms with Crippen molar-refractivity contribution in [3.05, 3.63) is 10.1 Å². The molecule has 0 aliphatic carbocycles. The second-order valence-electron chi connectivity index (χ2n) is 2.51. The Balaban J connectivity index is 3.87. The van der Waals surface area contributed by atoms with Gasteiger partial charge in [0.1, 0.15) is 0 Å². The van der Waals surface area contributed by atoms with Gasteiger partial charge in [-0.25, -0.2) is 0 Å². The van der Waals surface area contributed by atoms with E-state index in [2.05, 4.69) is 0 Å². The normalized spacial score (nSPS) is 15.6. The molecule has 0 saturated carbocycles. The van der Waals surface area contributed by atoms with E-state index in [-0.39, 0.29) is 13.0 Å². The van der Waals surface area contributed by atoms with Gasteiger partial charge in [-0.05, 0) is 12.8 Å². The second-order valence-corrected chi connectivity index (χ2v) is 2.51. The Kier molecular flexibility index (Phi) is 5.52. The molecule has 0 spiro atoms. The molecule has 0 saturated heterocycles. The van der Waals surface area contributed by atoms with Crippen LogP contribution in [0, 0.1) is 16.0 Å². The lowest BCUT2D eigenvalue weighted by Gasteiger charge is -2.12. The van der Waals surface area contributed by atoms with Crippen LogP contribution in [0.15, 0.2) is 0 Å². The van der Waals surface area contributed by atoms with Crippen molar-refractivity contribution < 1.29 is 20.2 Å². The third-order valence-electron chi connectivity index (χ3n) is 1.61. The summed E-state index contributed by atoms with van der Waals surface area (Å²) in [5.74, 6) is -0.785. The maximum Gasteiger partial charge on any atom is 0.318 e. The Morgan fingerprint density at radius 2 is 2.00 bits per heavy atom. The standard InChI is InChI=1S/C6H13NO5/c8-3-1-2-5(4-9)6(10)7(11)12/h5-6,8-10H,1-4H2. The monoisotopic (exact) mass is 179 g/mol. The van der Waals surface area contributed by atoms with E-state index < -0.39 is 23.7 Å². The van der Waals surface area contributed by atoms with Crippen LogP contribution >= 0.6 is 0 Å². The Bertz CT molecular complexity index is 140. The molecule has 72 valence electrons. The maximum atomic E-state index is 10.0. The van der Waals surface area contributed by atoms with Crippen molar-refractivity contribution in [3.63, 3.8) is 0 Å². The highest BCUT2D eigenvalue weighted by Gasteiger charge is 2.27. The van der Waals surface area contributed by atoms with Gasteiger partial charge in [0.2, 0.25) is 0 Å². The predicted octanol–water partition coefficient (Wildman–Crippen LogP) is -1.04. The fraction of sp³-hybridized carbons (Fsp3) is 1.00. The fourth-order valence-electron chi connectivity index (χ4n) is 0.860. The van der Waals surface area contributed by atoms with E-state index in [1.54, 1.807) is 0 Å². The number of hydrogen-bond acceptors (Lipinski definition) is 5. The lowest BCUT2D eigenvalue weighted by atomic mass is 10.0. The van der Waals surface area contributed by atoms with Crippen LogP contribution in [0.5, 0.6) is 0 Å². The van der Waals surface area contributed by atoms with E-state index >= 15 is 0 Å². The summed E-state index contributed by atoms with van der Waals surface area (Å²) >= 11 is 0. The number of hydrogen-bond donors (Lipinski definition) is 3. The van der Waals surface area contributed by atoms with Crippen molar-refractivity contribution in [1.82, 2.24) is 0 Å². The molecule has 6 nitrogen and oxygen atoms in total. The Hall–Kier alpha value is -0.720. The van der Waals surface area contributed by atoms with E-state index in [1.165, 1.54) is 0 Å². The summed E-state index contributed by atoms with van der Waals surface area (Å²) in [5, 5.41) is 35.9. The van der Waals surface area contributed by atoms with Gasteiger partial charge in [0.25, 0.3) is 0 Å². The molecule has 0 aromatic rings. The van der Waals surface area contributed by atoms with Crippen LogP contribution < -0.4 is 0 Å². The molecule has 0 radical (unpaired) electrons. The molecule has 3 N–H and O–H groups in total. The minimum Gasteiger partial charge on any atom is -0.396 e. The summed E-state index contributed by atoms with van der Waals surface area (Å²) in [5.41, 5.74) is 0. The molecule has 0 fully saturated rings. The van der Waals surface area contributed by atoms with Crippen LogP contribution in [-0.2, 0) is 0 Å². The Morgan fingerprint density at radius 3 is 2.33 bits per heavy atom. The van der Waals surface area contributed by atoms with Crippen LogP contribution in [0.25, 0.3) is 0 Å². The zero-order valence-electron chi connectivity index (χ0n) is 6.59. The molecule has 0 aliphatic heterocycles. The van der Waals surface area contributed by atoms with Gasteiger partial charge in [0, 0.05) is 6.61 Å². The van der Waals surface area contributed by atoms with Crippen LogP contribution in [0.2, 0.25) is 0 Å². The van der Waals surface area contributed by atoms with Gasteiger partial charge in [0.15, 0.2) is 0 Å². The molecule has 0 rings (SSSR count). The summed E-state index contributed by atoms with van der Waals surface area (Å²) in [6, 6.07) is 0. The van der Waals surface area contributed by atoms with Crippen molar-refractivity contribution in [2.45, 2.75) is 19.1 Å². The molecule has 0 aromatic heterocycles. The van der Waals surface area contributed by atoms with E-state index in [1.807, 2.05) is 0 Å². The highest BCUT2D eigenvalue weighted by Crippen LogP contribution is 2.10. The minimum atomic E-state index is -1.73. The SMILES string of the molecule is O=[N+]([O-])C(O)C(CO)CCCO. The average molecular weight is 179 g/mol. The van der Waals surface area contributed by atoms with E-state index in [0.29, 0.717) is 6.42 Å². The number of rotatable bonds is 6. The van der Waals surface area contributed by atoms with Gasteiger partial charge in [-0.15, -0.1) is 0 Å². The maximum absolute atomic E-state index is 10.0. The molecule has 2 unspecified atom stereocenters. The van der Waals surface area contributed by atoms with Gasteiger partial charge >= 0.3 is 6.23 Å². The van der Waals surface area contributed by atoms with Crippen molar-refractivity contribution in [1.29, 1.82) is 0 Å². The first kappa shape index (κ1) is 11.3. The zero-order valence-corrected chi connectivity index (χ0v) is 6.59. The molecule has 6 heteroatoms. The third-order valence-corrected chi connectivity index (χ3v) is 1.61. The molecule has 0 amide bonds. The molecule has 2 atom stereocenters. The number of aliphatic hydroxyl groups excluding tert-OH is 3. The quantitative estimate of drug-likeness (QED) is 0.274. The predicted molar refractivity (Wildman–Crippen MR) is 39.9 cm³/mol. The van der Waals surface area contributed by atoms with Crippen molar-refractivity contribution in [2.24, 2.45) is 5.92 Å². The zero-order chi connectivity index (χ0) is 9.56. The lowest BCUT2D eigenvalue weighted by Crippen LogP contribution is -2.31. The van der Waals surface area contributed by atoms with Crippen LogP contribution in [0.3, 0.4) is 0 Å². The van der Waals surface area contributed by atoms with E-state index in [9.17, 15) is 10.1 Å². The van der Waals surface area contributed by atoms with Gasteiger partial charge in [0.05, 0.1) is 17.4 Å². The average Bonchev–Trinajstić information content (AvgIpc) is 2.05. The third kappa shape index (κ3) is 3.61. The van der Waals surface area contributed by atoms with Gasteiger partial charge in [-0.2, -0.15) is 0 Å². The smallest absolute Gasteiger partial charge is 0.318 e. The summed E-state index contributed by atoms with van der Waals surface area (Å²) in [6.45, 7) is -0.539. The Morgan fingerprint density at radius 1 is 1.42 bits per heavy atom. The first-order valence-corrected chi connectivity index (χ1v) is 3.66. The van der Waals surface area contributed by atoms with Crippen molar-refractivity contribution >= 4 is 0 Å². The molecule has 0 heterocycles. The number of aliphatic hydroxyl groups is 3. The fourth-order valence-corrected chi connectivity index (χ4v) is 0.860. The number of nitro groups is 1. The van der Waals surface area contributed by atoms with Crippen LogP contribution in [0.4, 0.5) is 0 Å². The Labute approximate surface area is 69.6 Å². The topological polar surface area (TPSA) is 104 Å². The van der Waals surface area contributed by atoms with Crippen molar-refractivity contribution in [2.75, 3.05) is 13.2 Å². The number of nitrogens with zero attached hydrogens (tertiary/aromatic N) is 1. The summed E-state index contributed by atoms with van der Waals surface area (Å²) in [6.07, 6.45) is -1.15. The van der Waals surface area contributed by atoms with Crippen LogP contribution in [0.1, 0.15) is 12.8 Å². The second kappa shape index (κ2) is 5.87. The largest absolute Gasteiger partial charge is 0.396 e. The molecular formula is C6H13NO5.